The molecule has 1 aromatic carbocycles. The number of benzene rings is 1. The standard InChI is InChI=1S/C31H31N9O10/c32-24-16(25(33)44)11-17-26(37-24)39(14-5-6-14)31(49)38(28(17)46)12-21(42)34-9-2-10-35-22(43)13-50-19-4-1-3-15-23(19)30(48)40(29(15)47)18-7-8-20(41)36-27(18)45/h1,3-4,11,14,18H,2,5-10,12-13H2,(H2,32,37)(H2,33,44)(H,34,42)(H,35,43)(H,36,41,45). The lowest BCUT2D eigenvalue weighted by Gasteiger charge is -2.27. The molecule has 1 saturated heterocycles. The van der Waals surface area contributed by atoms with E-state index in [1.807, 2.05) is 0 Å². The minimum Gasteiger partial charge on any atom is -0.483 e. The number of pyridine rings is 1. The molecular weight excluding hydrogens is 658 g/mol. The third-order valence-corrected chi connectivity index (χ3v) is 8.44. The third kappa shape index (κ3) is 6.27. The Labute approximate surface area is 280 Å². The molecule has 2 fully saturated rings. The van der Waals surface area contributed by atoms with Crippen LogP contribution in [-0.2, 0) is 25.7 Å². The highest BCUT2D eigenvalue weighted by molar-refractivity contribution is 6.24. The van der Waals surface area contributed by atoms with E-state index in [1.54, 1.807) is 0 Å². The molecule has 3 aliphatic rings. The van der Waals surface area contributed by atoms with Gasteiger partial charge in [0.05, 0.1) is 22.1 Å². The SMILES string of the molecule is NC(=O)c1cc2c(=O)n(CC(=O)NCCCNC(=O)COc3cccc4c3C(=O)N(C3CCC(=O)NC3=O)C4=O)c(=O)n(C3CC3)c2nc1N. The molecule has 2 aliphatic heterocycles. The van der Waals surface area contributed by atoms with Gasteiger partial charge < -0.3 is 26.8 Å². The molecular formula is C31H31N9O10. The largest absolute Gasteiger partial charge is 0.483 e. The van der Waals surface area contributed by atoms with Crippen molar-refractivity contribution >= 4 is 58.2 Å². The molecule has 3 aromatic rings. The molecule has 1 unspecified atom stereocenters. The number of carbonyl (C=O) groups is 7. The van der Waals surface area contributed by atoms with Gasteiger partial charge in [0.2, 0.25) is 17.7 Å². The van der Waals surface area contributed by atoms with Crippen LogP contribution in [0.2, 0.25) is 0 Å². The summed E-state index contributed by atoms with van der Waals surface area (Å²) < 4.78 is 7.58. The first-order valence-electron chi connectivity index (χ1n) is 15.6. The van der Waals surface area contributed by atoms with Gasteiger partial charge in [-0.2, -0.15) is 0 Å². The predicted octanol–water partition coefficient (Wildman–Crippen LogP) is -2.32. The number of hydrogen-bond acceptors (Lipinski definition) is 12. The number of rotatable bonds is 12. The molecule has 1 atom stereocenters. The zero-order chi connectivity index (χ0) is 35.9. The van der Waals surface area contributed by atoms with Crippen molar-refractivity contribution in [1.82, 2.24) is 35.0 Å². The number of hydrogen-bond donors (Lipinski definition) is 5. The van der Waals surface area contributed by atoms with Crippen molar-refractivity contribution in [3.8, 4) is 5.75 Å². The van der Waals surface area contributed by atoms with Crippen molar-refractivity contribution in [3.05, 3.63) is 61.8 Å². The van der Waals surface area contributed by atoms with E-state index in [2.05, 4.69) is 20.9 Å². The summed E-state index contributed by atoms with van der Waals surface area (Å²) in [5, 5.41) is 7.21. The zero-order valence-corrected chi connectivity index (χ0v) is 26.4. The molecule has 2 aromatic heterocycles. The summed E-state index contributed by atoms with van der Waals surface area (Å²) in [5.74, 6) is -5.12. The van der Waals surface area contributed by atoms with E-state index in [-0.39, 0.29) is 77.7 Å². The van der Waals surface area contributed by atoms with Crippen molar-refractivity contribution in [3.63, 3.8) is 0 Å². The second-order valence-corrected chi connectivity index (χ2v) is 11.9. The number of amides is 7. The monoisotopic (exact) mass is 689 g/mol. The van der Waals surface area contributed by atoms with E-state index in [0.717, 1.165) is 9.47 Å². The average Bonchev–Trinajstić information content (AvgIpc) is 3.87. The molecule has 50 heavy (non-hydrogen) atoms. The fourth-order valence-corrected chi connectivity index (χ4v) is 5.85. The number of imide groups is 2. The van der Waals surface area contributed by atoms with Gasteiger partial charge in [-0.3, -0.25) is 57.7 Å². The number of primary amides is 1. The number of piperidine rings is 1. The van der Waals surface area contributed by atoms with Crippen molar-refractivity contribution in [2.75, 3.05) is 25.4 Å². The Morgan fingerprint density at radius 1 is 0.980 bits per heavy atom. The van der Waals surface area contributed by atoms with E-state index in [1.165, 1.54) is 28.8 Å². The van der Waals surface area contributed by atoms with Gasteiger partial charge in [-0.1, -0.05) is 6.07 Å². The van der Waals surface area contributed by atoms with Crippen molar-refractivity contribution < 1.29 is 38.3 Å². The lowest BCUT2D eigenvalue weighted by molar-refractivity contribution is -0.136. The first-order valence-corrected chi connectivity index (χ1v) is 15.6. The molecule has 19 heteroatoms. The van der Waals surface area contributed by atoms with Gasteiger partial charge in [-0.05, 0) is 43.9 Å². The fourth-order valence-electron chi connectivity index (χ4n) is 5.85. The quantitative estimate of drug-likeness (QED) is 0.0990. The van der Waals surface area contributed by atoms with Gasteiger partial charge in [-0.25, -0.2) is 9.78 Å². The zero-order valence-electron chi connectivity index (χ0n) is 26.4. The summed E-state index contributed by atoms with van der Waals surface area (Å²) in [6.45, 7) is -0.954. The summed E-state index contributed by atoms with van der Waals surface area (Å²) in [6.07, 6.45) is 1.53. The minimum absolute atomic E-state index is 0.00235. The Balaban J connectivity index is 1.01. The number of nitrogens with one attached hydrogen (secondary N) is 3. The number of nitrogen functional groups attached to an aromatic ring is 1. The van der Waals surface area contributed by atoms with Crippen molar-refractivity contribution in [2.24, 2.45) is 5.73 Å². The summed E-state index contributed by atoms with van der Waals surface area (Å²) in [4.78, 5) is 118. The van der Waals surface area contributed by atoms with Gasteiger partial charge in [0.15, 0.2) is 12.3 Å². The van der Waals surface area contributed by atoms with Crippen LogP contribution in [-0.4, -0.2) is 86.1 Å². The van der Waals surface area contributed by atoms with Crippen LogP contribution in [0.1, 0.15) is 69.2 Å². The van der Waals surface area contributed by atoms with E-state index in [9.17, 15) is 43.2 Å². The van der Waals surface area contributed by atoms with Gasteiger partial charge >= 0.3 is 5.69 Å². The maximum Gasteiger partial charge on any atom is 0.333 e. The molecule has 1 saturated carbocycles. The number of nitrogens with two attached hydrogens (primary N) is 2. The summed E-state index contributed by atoms with van der Waals surface area (Å²) >= 11 is 0. The summed E-state index contributed by atoms with van der Waals surface area (Å²) in [6, 6.07) is 4.04. The Kier molecular flexibility index (Phi) is 8.88. The maximum atomic E-state index is 13.2. The molecule has 7 amide bonds. The highest BCUT2D eigenvalue weighted by atomic mass is 16.5. The first kappa shape index (κ1) is 33.5. The van der Waals surface area contributed by atoms with Crippen LogP contribution in [0.3, 0.4) is 0 Å². The number of carbonyl (C=O) groups excluding carboxylic acids is 7. The molecule has 0 spiro atoms. The van der Waals surface area contributed by atoms with Crippen LogP contribution in [0.5, 0.6) is 5.75 Å². The molecule has 260 valence electrons. The molecule has 1 aliphatic carbocycles. The Morgan fingerprint density at radius 2 is 1.70 bits per heavy atom. The molecule has 19 nitrogen and oxygen atoms in total. The van der Waals surface area contributed by atoms with Gasteiger partial charge in [0.1, 0.15) is 24.2 Å². The van der Waals surface area contributed by atoms with Crippen LogP contribution in [0.4, 0.5) is 5.82 Å². The number of fused-ring (bicyclic) bond motifs is 2. The number of nitrogens with zero attached hydrogens (tertiary/aromatic N) is 4. The van der Waals surface area contributed by atoms with Crippen LogP contribution < -0.4 is 43.4 Å². The lowest BCUT2D eigenvalue weighted by atomic mass is 10.0. The number of ether oxygens (including phenoxy) is 1. The third-order valence-electron chi connectivity index (χ3n) is 8.44. The van der Waals surface area contributed by atoms with Crippen molar-refractivity contribution in [1.29, 1.82) is 0 Å². The van der Waals surface area contributed by atoms with Crippen LogP contribution in [0, 0.1) is 0 Å². The second kappa shape index (κ2) is 13.2. The van der Waals surface area contributed by atoms with E-state index < -0.39 is 71.8 Å². The van der Waals surface area contributed by atoms with E-state index in [0.29, 0.717) is 12.8 Å². The lowest BCUT2D eigenvalue weighted by Crippen LogP contribution is -2.54. The highest BCUT2D eigenvalue weighted by Crippen LogP contribution is 2.35. The minimum atomic E-state index is -1.15. The second-order valence-electron chi connectivity index (χ2n) is 11.9. The van der Waals surface area contributed by atoms with Crippen LogP contribution in [0.25, 0.3) is 11.0 Å². The molecule has 4 heterocycles. The average molecular weight is 690 g/mol. The maximum absolute atomic E-state index is 13.2. The predicted molar refractivity (Wildman–Crippen MR) is 171 cm³/mol. The Morgan fingerprint density at radius 3 is 2.38 bits per heavy atom. The molecule has 6 rings (SSSR count). The topological polar surface area (TPSA) is 277 Å². The van der Waals surface area contributed by atoms with E-state index in [4.69, 9.17) is 16.2 Å². The van der Waals surface area contributed by atoms with Gasteiger partial charge in [0.25, 0.3) is 29.2 Å². The smallest absolute Gasteiger partial charge is 0.333 e. The Bertz CT molecular complexity index is 2140. The van der Waals surface area contributed by atoms with E-state index >= 15 is 0 Å². The summed E-state index contributed by atoms with van der Waals surface area (Å²) in [7, 11) is 0. The van der Waals surface area contributed by atoms with Gasteiger partial charge in [0, 0.05) is 25.6 Å². The van der Waals surface area contributed by atoms with Crippen molar-refractivity contribution in [2.45, 2.75) is 50.7 Å². The molecule has 7 N–H and O–H groups in total. The number of anilines is 1. The normalized spacial score (nSPS) is 17.0. The molecule has 0 bridgehead atoms. The first-order chi connectivity index (χ1) is 23.9. The van der Waals surface area contributed by atoms with Gasteiger partial charge in [-0.15, -0.1) is 0 Å². The molecule has 0 radical (unpaired) electrons. The van der Waals surface area contributed by atoms with Crippen LogP contribution >= 0.6 is 0 Å². The number of aromatic nitrogens is 3. The Hall–Kier alpha value is -6.40. The summed E-state index contributed by atoms with van der Waals surface area (Å²) in [5.41, 5.74) is 9.31. The highest BCUT2D eigenvalue weighted by Gasteiger charge is 2.46. The fraction of sp³-hybridized carbons (Fsp3) is 0.355. The van der Waals surface area contributed by atoms with Crippen LogP contribution in [0.15, 0.2) is 33.9 Å².